The van der Waals surface area contributed by atoms with Crippen molar-refractivity contribution in [3.63, 3.8) is 0 Å². The Morgan fingerprint density at radius 3 is 2.58 bits per heavy atom. The Morgan fingerprint density at radius 2 is 2.05 bits per heavy atom. The van der Waals surface area contributed by atoms with Crippen molar-refractivity contribution < 1.29 is 4.92 Å². The van der Waals surface area contributed by atoms with Gasteiger partial charge in [-0.3, -0.25) is 10.1 Å². The van der Waals surface area contributed by atoms with E-state index in [-0.39, 0.29) is 16.7 Å². The highest BCUT2D eigenvalue weighted by molar-refractivity contribution is 5.64. The lowest BCUT2D eigenvalue weighted by atomic mass is 10.0. The summed E-state index contributed by atoms with van der Waals surface area (Å²) in [4.78, 5) is 12.6. The van der Waals surface area contributed by atoms with Crippen molar-refractivity contribution in [3.8, 4) is 0 Å². The number of hydrogen-bond acceptors (Lipinski definition) is 4. The summed E-state index contributed by atoms with van der Waals surface area (Å²) in [6.45, 7) is 6.81. The van der Waals surface area contributed by atoms with Crippen LogP contribution in [0.15, 0.2) is 18.2 Å². The number of nitro groups is 1. The SMILES string of the molecule is Cc1ccc([N+](=O)[O-])c(N(C)CCC(N)C(C)C)c1. The average molecular weight is 265 g/mol. The molecule has 1 rings (SSSR count). The summed E-state index contributed by atoms with van der Waals surface area (Å²) in [6, 6.07) is 5.28. The van der Waals surface area contributed by atoms with Crippen LogP contribution in [0.25, 0.3) is 0 Å². The summed E-state index contributed by atoms with van der Waals surface area (Å²) >= 11 is 0. The van der Waals surface area contributed by atoms with Crippen LogP contribution in [-0.2, 0) is 0 Å². The summed E-state index contributed by atoms with van der Waals surface area (Å²) in [7, 11) is 1.87. The number of benzene rings is 1. The monoisotopic (exact) mass is 265 g/mol. The van der Waals surface area contributed by atoms with Crippen LogP contribution in [0, 0.1) is 23.0 Å². The van der Waals surface area contributed by atoms with Gasteiger partial charge in [0, 0.05) is 25.7 Å². The van der Waals surface area contributed by atoms with Crippen molar-refractivity contribution in [2.24, 2.45) is 11.7 Å². The second-order valence-electron chi connectivity index (χ2n) is 5.37. The van der Waals surface area contributed by atoms with Crippen molar-refractivity contribution in [2.45, 2.75) is 33.2 Å². The Morgan fingerprint density at radius 1 is 1.42 bits per heavy atom. The molecule has 0 spiro atoms. The Bertz CT molecular complexity index is 446. The van der Waals surface area contributed by atoms with E-state index >= 15 is 0 Å². The number of hydrogen-bond donors (Lipinski definition) is 1. The maximum Gasteiger partial charge on any atom is 0.292 e. The summed E-state index contributed by atoms with van der Waals surface area (Å²) in [5.41, 5.74) is 7.82. The smallest absolute Gasteiger partial charge is 0.292 e. The first-order chi connectivity index (χ1) is 8.82. The highest BCUT2D eigenvalue weighted by Crippen LogP contribution is 2.28. The molecule has 0 amide bonds. The number of rotatable bonds is 6. The average Bonchev–Trinajstić information content (AvgIpc) is 2.34. The van der Waals surface area contributed by atoms with Gasteiger partial charge in [-0.05, 0) is 30.9 Å². The van der Waals surface area contributed by atoms with Gasteiger partial charge >= 0.3 is 0 Å². The molecule has 0 aliphatic rings. The van der Waals surface area contributed by atoms with E-state index in [1.165, 1.54) is 0 Å². The van der Waals surface area contributed by atoms with E-state index in [2.05, 4.69) is 13.8 Å². The molecule has 0 fully saturated rings. The molecule has 0 radical (unpaired) electrons. The van der Waals surface area contributed by atoms with Gasteiger partial charge in [0.05, 0.1) is 4.92 Å². The van der Waals surface area contributed by atoms with E-state index in [0.717, 1.165) is 12.0 Å². The summed E-state index contributed by atoms with van der Waals surface area (Å²) in [5.74, 6) is 0.417. The lowest BCUT2D eigenvalue weighted by Gasteiger charge is -2.23. The van der Waals surface area contributed by atoms with Gasteiger partial charge in [0.15, 0.2) is 0 Å². The molecule has 0 bridgehead atoms. The number of nitrogens with zero attached hydrogens (tertiary/aromatic N) is 2. The fourth-order valence-corrected chi connectivity index (χ4v) is 1.89. The molecule has 5 heteroatoms. The third kappa shape index (κ3) is 4.21. The Labute approximate surface area is 114 Å². The van der Waals surface area contributed by atoms with E-state index in [1.54, 1.807) is 12.1 Å². The number of anilines is 1. The molecule has 19 heavy (non-hydrogen) atoms. The normalized spacial score (nSPS) is 12.5. The topological polar surface area (TPSA) is 72.4 Å². The maximum absolute atomic E-state index is 11.0. The van der Waals surface area contributed by atoms with Crippen molar-refractivity contribution >= 4 is 11.4 Å². The van der Waals surface area contributed by atoms with Gasteiger partial charge in [-0.1, -0.05) is 19.9 Å². The number of nitro benzene ring substituents is 1. The quantitative estimate of drug-likeness (QED) is 0.634. The van der Waals surface area contributed by atoms with Gasteiger partial charge in [-0.2, -0.15) is 0 Å². The second kappa shape index (κ2) is 6.52. The van der Waals surface area contributed by atoms with Gasteiger partial charge in [0.25, 0.3) is 5.69 Å². The second-order valence-corrected chi connectivity index (χ2v) is 5.37. The molecule has 1 aromatic rings. The molecule has 0 aliphatic heterocycles. The molecule has 106 valence electrons. The van der Waals surface area contributed by atoms with E-state index in [9.17, 15) is 10.1 Å². The molecule has 5 nitrogen and oxygen atoms in total. The lowest BCUT2D eigenvalue weighted by Crippen LogP contribution is -2.32. The Hall–Kier alpha value is -1.62. The standard InChI is InChI=1S/C14H23N3O2/c1-10(2)12(15)7-8-16(4)14-9-11(3)5-6-13(14)17(18)19/h5-6,9-10,12H,7-8,15H2,1-4H3. The summed E-state index contributed by atoms with van der Waals surface area (Å²) in [5, 5.41) is 11.0. The van der Waals surface area contributed by atoms with Gasteiger partial charge in [-0.25, -0.2) is 0 Å². The minimum atomic E-state index is -0.340. The molecule has 1 atom stereocenters. The van der Waals surface area contributed by atoms with E-state index in [1.807, 2.05) is 24.9 Å². The van der Waals surface area contributed by atoms with Crippen LogP contribution in [0.2, 0.25) is 0 Å². The van der Waals surface area contributed by atoms with Crippen LogP contribution in [0.5, 0.6) is 0 Å². The van der Waals surface area contributed by atoms with Crippen LogP contribution in [-0.4, -0.2) is 24.6 Å². The first-order valence-corrected chi connectivity index (χ1v) is 6.54. The van der Waals surface area contributed by atoms with Crippen molar-refractivity contribution in [1.82, 2.24) is 0 Å². The van der Waals surface area contributed by atoms with Crippen LogP contribution < -0.4 is 10.6 Å². The maximum atomic E-state index is 11.0. The fourth-order valence-electron chi connectivity index (χ4n) is 1.89. The fraction of sp³-hybridized carbons (Fsp3) is 0.571. The molecule has 1 aromatic carbocycles. The van der Waals surface area contributed by atoms with Crippen LogP contribution in [0.4, 0.5) is 11.4 Å². The third-order valence-corrected chi connectivity index (χ3v) is 3.39. The molecule has 0 heterocycles. The van der Waals surface area contributed by atoms with Gasteiger partial charge in [0.2, 0.25) is 0 Å². The van der Waals surface area contributed by atoms with E-state index in [0.29, 0.717) is 18.2 Å². The minimum Gasteiger partial charge on any atom is -0.369 e. The van der Waals surface area contributed by atoms with Gasteiger partial charge < -0.3 is 10.6 Å². The highest BCUT2D eigenvalue weighted by Gasteiger charge is 2.18. The highest BCUT2D eigenvalue weighted by atomic mass is 16.6. The molecular weight excluding hydrogens is 242 g/mol. The zero-order chi connectivity index (χ0) is 14.6. The predicted octanol–water partition coefficient (Wildman–Crippen LogP) is 2.71. The number of nitrogens with two attached hydrogens (primary N) is 1. The molecule has 0 saturated heterocycles. The van der Waals surface area contributed by atoms with E-state index < -0.39 is 0 Å². The molecule has 0 saturated carbocycles. The molecular formula is C14H23N3O2. The predicted molar refractivity (Wildman–Crippen MR) is 78.5 cm³/mol. The zero-order valence-electron chi connectivity index (χ0n) is 12.1. The van der Waals surface area contributed by atoms with Gasteiger partial charge in [0.1, 0.15) is 5.69 Å². The van der Waals surface area contributed by atoms with Gasteiger partial charge in [-0.15, -0.1) is 0 Å². The molecule has 2 N–H and O–H groups in total. The van der Waals surface area contributed by atoms with Crippen LogP contribution >= 0.6 is 0 Å². The third-order valence-electron chi connectivity index (χ3n) is 3.39. The van der Waals surface area contributed by atoms with E-state index in [4.69, 9.17) is 5.73 Å². The lowest BCUT2D eigenvalue weighted by molar-refractivity contribution is -0.384. The molecule has 1 unspecified atom stereocenters. The first kappa shape index (κ1) is 15.4. The Kier molecular flexibility index (Phi) is 5.30. The first-order valence-electron chi connectivity index (χ1n) is 6.54. The largest absolute Gasteiger partial charge is 0.369 e. The van der Waals surface area contributed by atoms with Crippen LogP contribution in [0.3, 0.4) is 0 Å². The summed E-state index contributed by atoms with van der Waals surface area (Å²) in [6.07, 6.45) is 0.819. The molecule has 0 aromatic heterocycles. The molecule has 0 aliphatic carbocycles. The minimum absolute atomic E-state index is 0.117. The Balaban J connectivity index is 2.83. The van der Waals surface area contributed by atoms with Crippen molar-refractivity contribution in [1.29, 1.82) is 0 Å². The van der Waals surface area contributed by atoms with Crippen LogP contribution in [0.1, 0.15) is 25.8 Å². The van der Waals surface area contributed by atoms with Crippen molar-refractivity contribution in [2.75, 3.05) is 18.5 Å². The number of aryl methyl sites for hydroxylation is 1. The van der Waals surface area contributed by atoms with Crippen molar-refractivity contribution in [3.05, 3.63) is 33.9 Å². The summed E-state index contributed by atoms with van der Waals surface area (Å²) < 4.78 is 0. The zero-order valence-corrected chi connectivity index (χ0v) is 12.1.